The van der Waals surface area contributed by atoms with Crippen LogP contribution in [0.3, 0.4) is 0 Å². The van der Waals surface area contributed by atoms with Gasteiger partial charge in [0, 0.05) is 18.1 Å². The number of Topliss-reactive ketones (excluding diaryl/α,β-unsaturated/α-hetero) is 1. The maximum atomic E-state index is 12.4. The first-order valence-corrected chi connectivity index (χ1v) is 6.86. The van der Waals surface area contributed by atoms with Crippen molar-refractivity contribution in [3.8, 4) is 23.0 Å². The van der Waals surface area contributed by atoms with E-state index in [2.05, 4.69) is 0 Å². The minimum Gasteiger partial charge on any atom is -0.507 e. The summed E-state index contributed by atoms with van der Waals surface area (Å²) < 4.78 is 16.4. The summed E-state index contributed by atoms with van der Waals surface area (Å²) in [4.78, 5) is 12.4. The maximum absolute atomic E-state index is 12.4. The molecule has 1 atom stereocenters. The summed E-state index contributed by atoms with van der Waals surface area (Å²) in [6.45, 7) is 0. The van der Waals surface area contributed by atoms with Crippen molar-refractivity contribution in [2.24, 2.45) is 0 Å². The third-order valence-corrected chi connectivity index (χ3v) is 3.69. The van der Waals surface area contributed by atoms with E-state index in [9.17, 15) is 9.90 Å². The van der Waals surface area contributed by atoms with E-state index in [0.717, 1.165) is 5.56 Å². The fourth-order valence-electron chi connectivity index (χ4n) is 2.61. The maximum Gasteiger partial charge on any atom is 0.203 e. The third kappa shape index (κ3) is 2.24. The number of phenols is 1. The van der Waals surface area contributed by atoms with E-state index in [0.29, 0.717) is 22.8 Å². The molecule has 1 aliphatic heterocycles. The van der Waals surface area contributed by atoms with Crippen LogP contribution in [0.15, 0.2) is 36.4 Å². The lowest BCUT2D eigenvalue weighted by Crippen LogP contribution is -2.26. The summed E-state index contributed by atoms with van der Waals surface area (Å²) in [5, 5.41) is 10.1. The van der Waals surface area contributed by atoms with Crippen molar-refractivity contribution in [3.05, 3.63) is 47.5 Å². The molecule has 114 valence electrons. The van der Waals surface area contributed by atoms with Crippen LogP contribution in [0, 0.1) is 0 Å². The second-order valence-corrected chi connectivity index (χ2v) is 4.99. The highest BCUT2D eigenvalue weighted by Gasteiger charge is 2.34. The standard InChI is InChI=1S/C17H16O5/c1-20-14-9-12(18)11-8-13(19)15(10-6-4-3-5-7-10)22-16(11)17(14)21-2/h3-7,9,15,18H,8H2,1-2H3. The zero-order valence-electron chi connectivity index (χ0n) is 12.3. The molecular weight excluding hydrogens is 284 g/mol. The van der Waals surface area contributed by atoms with Crippen LogP contribution in [0.5, 0.6) is 23.0 Å². The first-order chi connectivity index (χ1) is 10.7. The molecule has 1 heterocycles. The van der Waals surface area contributed by atoms with Gasteiger partial charge in [-0.1, -0.05) is 30.3 Å². The van der Waals surface area contributed by atoms with Crippen LogP contribution in [0.4, 0.5) is 0 Å². The molecule has 5 nitrogen and oxygen atoms in total. The molecule has 22 heavy (non-hydrogen) atoms. The summed E-state index contributed by atoms with van der Waals surface area (Å²) in [5.74, 6) is 0.949. The Kier molecular flexibility index (Phi) is 3.63. The number of aromatic hydroxyl groups is 1. The van der Waals surface area contributed by atoms with E-state index in [1.54, 1.807) is 0 Å². The third-order valence-electron chi connectivity index (χ3n) is 3.69. The Morgan fingerprint density at radius 1 is 1.18 bits per heavy atom. The predicted octanol–water partition coefficient (Wildman–Crippen LogP) is 2.65. The summed E-state index contributed by atoms with van der Waals surface area (Å²) in [5.41, 5.74) is 1.19. The number of methoxy groups -OCH3 is 2. The first kappa shape index (κ1) is 14.3. The van der Waals surface area contributed by atoms with Crippen LogP contribution < -0.4 is 14.2 Å². The number of phenolic OH excluding ortho intramolecular Hbond substituents is 1. The second-order valence-electron chi connectivity index (χ2n) is 4.99. The van der Waals surface area contributed by atoms with E-state index in [4.69, 9.17) is 14.2 Å². The first-order valence-electron chi connectivity index (χ1n) is 6.86. The minimum absolute atomic E-state index is 0.0347. The van der Waals surface area contributed by atoms with E-state index in [1.165, 1.54) is 20.3 Å². The molecule has 0 saturated carbocycles. The molecule has 5 heteroatoms. The van der Waals surface area contributed by atoms with Crippen LogP contribution in [0.25, 0.3) is 0 Å². The molecule has 3 rings (SSSR count). The highest BCUT2D eigenvalue weighted by atomic mass is 16.5. The largest absolute Gasteiger partial charge is 0.507 e. The van der Waals surface area contributed by atoms with Gasteiger partial charge in [-0.25, -0.2) is 0 Å². The minimum atomic E-state index is -0.714. The fraction of sp³-hybridized carbons (Fsp3) is 0.235. The molecule has 0 amide bonds. The van der Waals surface area contributed by atoms with Gasteiger partial charge in [-0.05, 0) is 5.56 Å². The molecule has 0 spiro atoms. The van der Waals surface area contributed by atoms with Gasteiger partial charge >= 0.3 is 0 Å². The molecule has 2 aromatic carbocycles. The van der Waals surface area contributed by atoms with Gasteiger partial charge in [0.15, 0.2) is 23.4 Å². The van der Waals surface area contributed by atoms with E-state index in [-0.39, 0.29) is 18.0 Å². The normalized spacial score (nSPS) is 16.6. The summed E-state index contributed by atoms with van der Waals surface area (Å²) in [6.07, 6.45) is -0.629. The van der Waals surface area contributed by atoms with Gasteiger partial charge in [-0.15, -0.1) is 0 Å². The van der Waals surface area contributed by atoms with Gasteiger partial charge in [-0.3, -0.25) is 4.79 Å². The summed E-state index contributed by atoms with van der Waals surface area (Å²) >= 11 is 0. The van der Waals surface area contributed by atoms with Crippen LogP contribution >= 0.6 is 0 Å². The molecule has 0 bridgehead atoms. The second kappa shape index (κ2) is 5.60. The molecule has 1 unspecified atom stereocenters. The van der Waals surface area contributed by atoms with Crippen molar-refractivity contribution in [3.63, 3.8) is 0 Å². The molecule has 0 aliphatic carbocycles. The number of hydrogen-bond donors (Lipinski definition) is 1. The fourth-order valence-corrected chi connectivity index (χ4v) is 2.61. The van der Waals surface area contributed by atoms with Crippen molar-refractivity contribution < 1.29 is 24.1 Å². The number of benzene rings is 2. The Morgan fingerprint density at radius 2 is 1.91 bits per heavy atom. The average molecular weight is 300 g/mol. The summed E-state index contributed by atoms with van der Waals surface area (Å²) in [6, 6.07) is 10.7. The number of ether oxygens (including phenoxy) is 3. The Hall–Kier alpha value is -2.69. The molecule has 0 fully saturated rings. The van der Waals surface area contributed by atoms with Gasteiger partial charge in [0.1, 0.15) is 5.75 Å². The molecule has 0 saturated heterocycles. The number of rotatable bonds is 3. The number of fused-ring (bicyclic) bond motifs is 1. The lowest BCUT2D eigenvalue weighted by atomic mass is 9.95. The van der Waals surface area contributed by atoms with E-state index in [1.807, 2.05) is 30.3 Å². The Labute approximate surface area is 128 Å². The predicted molar refractivity (Wildman–Crippen MR) is 79.7 cm³/mol. The van der Waals surface area contributed by atoms with Gasteiger partial charge < -0.3 is 19.3 Å². The average Bonchev–Trinajstić information content (AvgIpc) is 2.55. The number of hydrogen-bond acceptors (Lipinski definition) is 5. The van der Waals surface area contributed by atoms with Crippen LogP contribution in [0.1, 0.15) is 17.2 Å². The van der Waals surface area contributed by atoms with Crippen LogP contribution in [0.2, 0.25) is 0 Å². The molecule has 0 aromatic heterocycles. The highest BCUT2D eigenvalue weighted by molar-refractivity contribution is 5.90. The number of carbonyl (C=O) groups is 1. The number of ketones is 1. The quantitative estimate of drug-likeness (QED) is 0.944. The van der Waals surface area contributed by atoms with Crippen molar-refractivity contribution in [2.45, 2.75) is 12.5 Å². The smallest absolute Gasteiger partial charge is 0.203 e. The SMILES string of the molecule is COc1cc(O)c2c(c1OC)OC(c1ccccc1)C(=O)C2. The molecular formula is C17H16O5. The molecule has 1 aliphatic rings. The van der Waals surface area contributed by atoms with Gasteiger partial charge in [0.05, 0.1) is 14.2 Å². The van der Waals surface area contributed by atoms with Crippen molar-refractivity contribution in [1.29, 1.82) is 0 Å². The Morgan fingerprint density at radius 3 is 2.55 bits per heavy atom. The number of carbonyl (C=O) groups excluding carboxylic acids is 1. The van der Waals surface area contributed by atoms with Crippen LogP contribution in [-0.2, 0) is 11.2 Å². The Bertz CT molecular complexity index is 709. The summed E-state index contributed by atoms with van der Waals surface area (Å²) in [7, 11) is 2.97. The van der Waals surface area contributed by atoms with Gasteiger partial charge in [0.2, 0.25) is 5.75 Å². The van der Waals surface area contributed by atoms with Crippen molar-refractivity contribution >= 4 is 5.78 Å². The van der Waals surface area contributed by atoms with Crippen LogP contribution in [-0.4, -0.2) is 25.1 Å². The van der Waals surface area contributed by atoms with Gasteiger partial charge in [-0.2, -0.15) is 0 Å². The highest BCUT2D eigenvalue weighted by Crippen LogP contribution is 2.49. The topological polar surface area (TPSA) is 65.0 Å². The zero-order valence-corrected chi connectivity index (χ0v) is 12.3. The monoisotopic (exact) mass is 300 g/mol. The molecule has 2 aromatic rings. The van der Waals surface area contributed by atoms with E-state index >= 15 is 0 Å². The van der Waals surface area contributed by atoms with Crippen molar-refractivity contribution in [2.75, 3.05) is 14.2 Å². The van der Waals surface area contributed by atoms with Crippen molar-refractivity contribution in [1.82, 2.24) is 0 Å². The zero-order chi connectivity index (χ0) is 15.7. The van der Waals surface area contributed by atoms with Gasteiger partial charge in [0.25, 0.3) is 0 Å². The molecule has 0 radical (unpaired) electrons. The van der Waals surface area contributed by atoms with E-state index < -0.39 is 6.10 Å². The lowest BCUT2D eigenvalue weighted by molar-refractivity contribution is -0.126. The lowest BCUT2D eigenvalue weighted by Gasteiger charge is -2.27. The Balaban J connectivity index is 2.10. The molecule has 1 N–H and O–H groups in total.